The largest absolute Gasteiger partial charge is 0.341 e. The van der Waals surface area contributed by atoms with Gasteiger partial charge in [-0.2, -0.15) is 0 Å². The Morgan fingerprint density at radius 3 is 2.86 bits per heavy atom. The van der Waals surface area contributed by atoms with E-state index >= 15 is 0 Å². The van der Waals surface area contributed by atoms with Gasteiger partial charge in [0.1, 0.15) is 0 Å². The van der Waals surface area contributed by atoms with Gasteiger partial charge in [0, 0.05) is 23.7 Å². The van der Waals surface area contributed by atoms with E-state index in [4.69, 9.17) is 0 Å². The fraction of sp³-hybridized carbons (Fsp3) is 0.500. The number of nitrogens with zero attached hydrogens (tertiary/aromatic N) is 1. The Morgan fingerprint density at radius 2 is 2.36 bits per heavy atom. The normalized spacial score (nSPS) is 10.2. The lowest BCUT2D eigenvalue weighted by atomic mass is 10.3. The molecule has 0 atom stereocenters. The van der Waals surface area contributed by atoms with E-state index in [0.29, 0.717) is 6.42 Å². The summed E-state index contributed by atoms with van der Waals surface area (Å²) in [6, 6.07) is 2.09. The summed E-state index contributed by atoms with van der Waals surface area (Å²) in [5.74, 6) is 0.190. The van der Waals surface area contributed by atoms with Gasteiger partial charge in [0.05, 0.1) is 6.54 Å². The second-order valence-corrected chi connectivity index (χ2v) is 5.01. The maximum Gasteiger partial charge on any atom is 0.223 e. The molecular formula is C10H14BrNOS. The lowest BCUT2D eigenvalue weighted by Gasteiger charge is -2.16. The molecule has 1 aromatic heterocycles. The van der Waals surface area contributed by atoms with Crippen LogP contribution in [0.15, 0.2) is 11.4 Å². The summed E-state index contributed by atoms with van der Waals surface area (Å²) >= 11 is 4.97. The molecule has 0 aliphatic rings. The molecule has 0 unspecified atom stereocenters. The number of carbonyl (C=O) groups is 1. The van der Waals surface area contributed by atoms with Crippen LogP contribution in [0.1, 0.15) is 16.9 Å². The third-order valence-corrected chi connectivity index (χ3v) is 3.49. The molecule has 1 rings (SSSR count). The molecule has 1 heterocycles. The van der Waals surface area contributed by atoms with E-state index in [1.807, 2.05) is 7.05 Å². The fourth-order valence-electron chi connectivity index (χ4n) is 1.14. The number of amides is 1. The van der Waals surface area contributed by atoms with Crippen molar-refractivity contribution in [2.75, 3.05) is 12.4 Å². The molecule has 0 saturated carbocycles. The molecule has 0 bridgehead atoms. The zero-order valence-electron chi connectivity index (χ0n) is 8.42. The Balaban J connectivity index is 2.52. The van der Waals surface area contributed by atoms with Gasteiger partial charge in [0.15, 0.2) is 0 Å². The molecule has 14 heavy (non-hydrogen) atoms. The van der Waals surface area contributed by atoms with Crippen molar-refractivity contribution in [1.82, 2.24) is 4.90 Å². The summed E-state index contributed by atoms with van der Waals surface area (Å²) in [7, 11) is 1.85. The van der Waals surface area contributed by atoms with Crippen LogP contribution in [0, 0.1) is 6.92 Å². The van der Waals surface area contributed by atoms with Crippen LogP contribution in [-0.4, -0.2) is 23.2 Å². The Labute approximate surface area is 97.1 Å². The van der Waals surface area contributed by atoms with Crippen molar-refractivity contribution in [1.29, 1.82) is 0 Å². The summed E-state index contributed by atoms with van der Waals surface area (Å²) in [4.78, 5) is 14.5. The minimum Gasteiger partial charge on any atom is -0.341 e. The maximum atomic E-state index is 11.5. The minimum atomic E-state index is 0.190. The van der Waals surface area contributed by atoms with Crippen molar-refractivity contribution in [3.8, 4) is 0 Å². The number of halogens is 1. The van der Waals surface area contributed by atoms with E-state index in [1.54, 1.807) is 16.2 Å². The summed E-state index contributed by atoms with van der Waals surface area (Å²) in [6.07, 6.45) is 0.570. The highest BCUT2D eigenvalue weighted by molar-refractivity contribution is 9.09. The number of hydrogen-bond donors (Lipinski definition) is 0. The third kappa shape index (κ3) is 3.10. The highest BCUT2D eigenvalue weighted by Crippen LogP contribution is 2.17. The number of hydrogen-bond acceptors (Lipinski definition) is 2. The molecule has 0 N–H and O–H groups in total. The topological polar surface area (TPSA) is 20.3 Å². The summed E-state index contributed by atoms with van der Waals surface area (Å²) in [5.41, 5.74) is 1.27. The highest BCUT2D eigenvalue weighted by atomic mass is 79.9. The van der Waals surface area contributed by atoms with Crippen molar-refractivity contribution in [3.05, 3.63) is 21.9 Å². The van der Waals surface area contributed by atoms with Crippen molar-refractivity contribution in [2.24, 2.45) is 0 Å². The van der Waals surface area contributed by atoms with Crippen LogP contribution in [0.2, 0.25) is 0 Å². The van der Waals surface area contributed by atoms with Gasteiger partial charge in [-0.05, 0) is 23.9 Å². The second-order valence-electron chi connectivity index (χ2n) is 3.22. The quantitative estimate of drug-likeness (QED) is 0.774. The molecule has 2 nitrogen and oxygen atoms in total. The molecule has 0 fully saturated rings. The Kier molecular flexibility index (Phi) is 4.62. The molecular weight excluding hydrogens is 262 g/mol. The van der Waals surface area contributed by atoms with Gasteiger partial charge < -0.3 is 4.90 Å². The van der Waals surface area contributed by atoms with Crippen LogP contribution >= 0.6 is 27.3 Å². The average Bonchev–Trinajstić information content (AvgIpc) is 2.52. The molecule has 0 aliphatic heterocycles. The third-order valence-electron chi connectivity index (χ3n) is 2.08. The van der Waals surface area contributed by atoms with E-state index < -0.39 is 0 Å². The average molecular weight is 276 g/mol. The summed E-state index contributed by atoms with van der Waals surface area (Å²) < 4.78 is 0. The molecule has 78 valence electrons. The Bertz CT molecular complexity index is 311. The lowest BCUT2D eigenvalue weighted by molar-refractivity contribution is -0.129. The molecule has 1 amide bonds. The van der Waals surface area contributed by atoms with Gasteiger partial charge >= 0.3 is 0 Å². The van der Waals surface area contributed by atoms with Crippen molar-refractivity contribution in [2.45, 2.75) is 19.9 Å². The number of aryl methyl sites for hydroxylation is 1. The van der Waals surface area contributed by atoms with Crippen LogP contribution in [0.3, 0.4) is 0 Å². The molecule has 0 radical (unpaired) electrons. The number of thiophene rings is 1. The molecule has 0 spiro atoms. The highest BCUT2D eigenvalue weighted by Gasteiger charge is 2.09. The monoisotopic (exact) mass is 275 g/mol. The van der Waals surface area contributed by atoms with Crippen LogP contribution in [0.25, 0.3) is 0 Å². The SMILES string of the molecule is Cc1ccsc1CN(C)C(=O)CCBr. The van der Waals surface area contributed by atoms with Gasteiger partial charge in [0.2, 0.25) is 5.91 Å². The van der Waals surface area contributed by atoms with Crippen LogP contribution in [0.5, 0.6) is 0 Å². The van der Waals surface area contributed by atoms with Gasteiger partial charge in [-0.3, -0.25) is 4.79 Å². The van der Waals surface area contributed by atoms with E-state index in [1.165, 1.54) is 10.4 Å². The van der Waals surface area contributed by atoms with Crippen molar-refractivity contribution in [3.63, 3.8) is 0 Å². The molecule has 0 aromatic carbocycles. The number of alkyl halides is 1. The van der Waals surface area contributed by atoms with Gasteiger partial charge in [-0.1, -0.05) is 15.9 Å². The smallest absolute Gasteiger partial charge is 0.223 e. The molecule has 0 aliphatic carbocycles. The van der Waals surface area contributed by atoms with E-state index in [0.717, 1.165) is 11.9 Å². The predicted molar refractivity (Wildman–Crippen MR) is 63.9 cm³/mol. The Morgan fingerprint density at radius 1 is 1.64 bits per heavy atom. The van der Waals surface area contributed by atoms with Crippen LogP contribution < -0.4 is 0 Å². The zero-order valence-corrected chi connectivity index (χ0v) is 10.8. The molecule has 4 heteroatoms. The summed E-state index contributed by atoms with van der Waals surface area (Å²) in [5, 5.41) is 2.80. The van der Waals surface area contributed by atoms with Gasteiger partial charge in [0.25, 0.3) is 0 Å². The van der Waals surface area contributed by atoms with Crippen molar-refractivity contribution >= 4 is 33.2 Å². The van der Waals surface area contributed by atoms with Crippen LogP contribution in [0.4, 0.5) is 0 Å². The van der Waals surface area contributed by atoms with Crippen molar-refractivity contribution < 1.29 is 4.79 Å². The first-order chi connectivity index (χ1) is 6.65. The first-order valence-corrected chi connectivity index (χ1v) is 6.48. The first kappa shape index (κ1) is 11.7. The fourth-order valence-corrected chi connectivity index (χ4v) is 2.44. The standard InChI is InChI=1S/C10H14BrNOS/c1-8-4-6-14-9(8)7-12(2)10(13)3-5-11/h4,6H,3,5,7H2,1-2H3. The second kappa shape index (κ2) is 5.51. The van der Waals surface area contributed by atoms with Gasteiger partial charge in [-0.25, -0.2) is 0 Å². The zero-order chi connectivity index (χ0) is 10.6. The summed E-state index contributed by atoms with van der Waals surface area (Å²) in [6.45, 7) is 2.81. The first-order valence-electron chi connectivity index (χ1n) is 4.48. The van der Waals surface area contributed by atoms with E-state index in [2.05, 4.69) is 34.3 Å². The number of rotatable bonds is 4. The predicted octanol–water partition coefficient (Wildman–Crippen LogP) is 2.80. The van der Waals surface area contributed by atoms with E-state index in [-0.39, 0.29) is 5.91 Å². The maximum absolute atomic E-state index is 11.5. The molecule has 0 saturated heterocycles. The molecule has 1 aromatic rings. The van der Waals surface area contributed by atoms with Gasteiger partial charge in [-0.15, -0.1) is 11.3 Å². The minimum absolute atomic E-state index is 0.190. The number of carbonyl (C=O) groups excluding carboxylic acids is 1. The lowest BCUT2D eigenvalue weighted by Crippen LogP contribution is -2.26. The Hall–Kier alpha value is -0.350. The van der Waals surface area contributed by atoms with Crippen LogP contribution in [-0.2, 0) is 11.3 Å². The van der Waals surface area contributed by atoms with E-state index in [9.17, 15) is 4.79 Å².